The fraction of sp³-hybridized carbons (Fsp3) is 0.562. The topological polar surface area (TPSA) is 32.6 Å². The first kappa shape index (κ1) is 13.6. The highest BCUT2D eigenvalue weighted by Gasteiger charge is 2.17. The first-order valence-electron chi connectivity index (χ1n) is 7.58. The minimum atomic E-state index is 0.677. The lowest BCUT2D eigenvalue weighted by atomic mass is 10.1. The van der Waals surface area contributed by atoms with Crippen molar-refractivity contribution >= 4 is 5.65 Å². The van der Waals surface area contributed by atoms with Gasteiger partial charge < -0.3 is 9.72 Å². The summed E-state index contributed by atoms with van der Waals surface area (Å²) in [5, 5.41) is 3.48. The van der Waals surface area contributed by atoms with E-state index in [2.05, 4.69) is 53.1 Å². The molecule has 3 rings (SSSR count). The SMILES string of the molecule is Cc1cccn2cc(CN(C)C3CCCNCC3)nc12. The number of hydrogen-bond acceptors (Lipinski definition) is 3. The molecule has 1 atom stereocenters. The third-order valence-corrected chi connectivity index (χ3v) is 4.31. The van der Waals surface area contributed by atoms with Gasteiger partial charge in [-0.2, -0.15) is 0 Å². The average molecular weight is 272 g/mol. The standard InChI is InChI=1S/C16H24N4/c1-13-5-4-10-20-12-14(18-16(13)20)11-19(2)15-6-3-8-17-9-7-15/h4-5,10,12,15,17H,3,6-9,11H2,1-2H3. The van der Waals surface area contributed by atoms with Crippen molar-refractivity contribution in [3.63, 3.8) is 0 Å². The zero-order valence-electron chi connectivity index (χ0n) is 12.5. The number of aryl methyl sites for hydroxylation is 1. The summed E-state index contributed by atoms with van der Waals surface area (Å²) in [5.41, 5.74) is 3.48. The lowest BCUT2D eigenvalue weighted by Crippen LogP contribution is -2.32. The number of nitrogens with one attached hydrogen (secondary N) is 1. The lowest BCUT2D eigenvalue weighted by Gasteiger charge is -2.25. The van der Waals surface area contributed by atoms with Crippen LogP contribution in [-0.4, -0.2) is 40.5 Å². The van der Waals surface area contributed by atoms with Gasteiger partial charge in [0.2, 0.25) is 0 Å². The van der Waals surface area contributed by atoms with Crippen molar-refractivity contribution in [3.8, 4) is 0 Å². The number of aromatic nitrogens is 2. The van der Waals surface area contributed by atoms with Gasteiger partial charge in [0.15, 0.2) is 0 Å². The van der Waals surface area contributed by atoms with E-state index in [9.17, 15) is 0 Å². The molecule has 0 amide bonds. The summed E-state index contributed by atoms with van der Waals surface area (Å²) in [4.78, 5) is 7.24. The zero-order chi connectivity index (χ0) is 13.9. The molecule has 0 radical (unpaired) electrons. The number of fused-ring (bicyclic) bond motifs is 1. The van der Waals surface area contributed by atoms with E-state index in [1.165, 1.54) is 30.5 Å². The zero-order valence-corrected chi connectivity index (χ0v) is 12.5. The van der Waals surface area contributed by atoms with Crippen LogP contribution in [-0.2, 0) is 6.54 Å². The molecule has 1 unspecified atom stereocenters. The molecular formula is C16H24N4. The highest BCUT2D eigenvalue weighted by molar-refractivity contribution is 5.47. The Labute approximate surface area is 120 Å². The van der Waals surface area contributed by atoms with Crippen molar-refractivity contribution in [2.75, 3.05) is 20.1 Å². The van der Waals surface area contributed by atoms with Crippen LogP contribution < -0.4 is 5.32 Å². The van der Waals surface area contributed by atoms with Gasteiger partial charge in [-0.1, -0.05) is 6.07 Å². The van der Waals surface area contributed by atoms with Gasteiger partial charge in [-0.3, -0.25) is 4.90 Å². The van der Waals surface area contributed by atoms with Gasteiger partial charge in [0, 0.05) is 25.0 Å². The Bertz CT molecular complexity index is 567. The molecule has 4 heteroatoms. The van der Waals surface area contributed by atoms with E-state index in [1.807, 2.05) is 0 Å². The molecule has 0 spiro atoms. The fourth-order valence-electron chi connectivity index (χ4n) is 3.11. The maximum absolute atomic E-state index is 4.78. The van der Waals surface area contributed by atoms with E-state index in [0.717, 1.165) is 25.3 Å². The lowest BCUT2D eigenvalue weighted by molar-refractivity contribution is 0.214. The van der Waals surface area contributed by atoms with Crippen LogP contribution in [0.25, 0.3) is 5.65 Å². The van der Waals surface area contributed by atoms with Crippen LogP contribution in [0.1, 0.15) is 30.5 Å². The number of pyridine rings is 1. The van der Waals surface area contributed by atoms with E-state index in [1.54, 1.807) is 0 Å². The highest BCUT2D eigenvalue weighted by Crippen LogP contribution is 2.16. The van der Waals surface area contributed by atoms with Crippen molar-refractivity contribution in [3.05, 3.63) is 35.8 Å². The normalized spacial score (nSPS) is 20.4. The van der Waals surface area contributed by atoms with Crippen LogP contribution >= 0.6 is 0 Å². The summed E-state index contributed by atoms with van der Waals surface area (Å²) < 4.78 is 2.13. The smallest absolute Gasteiger partial charge is 0.139 e. The molecule has 108 valence electrons. The molecule has 0 aliphatic carbocycles. The van der Waals surface area contributed by atoms with Gasteiger partial charge in [0.25, 0.3) is 0 Å². The van der Waals surface area contributed by atoms with E-state index in [-0.39, 0.29) is 0 Å². The van der Waals surface area contributed by atoms with Crippen LogP contribution in [0.3, 0.4) is 0 Å². The van der Waals surface area contributed by atoms with Crippen molar-refractivity contribution in [2.45, 2.75) is 38.8 Å². The Morgan fingerprint density at radius 1 is 1.40 bits per heavy atom. The molecular weight excluding hydrogens is 248 g/mol. The van der Waals surface area contributed by atoms with Gasteiger partial charge in [-0.15, -0.1) is 0 Å². The fourth-order valence-corrected chi connectivity index (χ4v) is 3.11. The van der Waals surface area contributed by atoms with Crippen molar-refractivity contribution in [1.29, 1.82) is 0 Å². The number of imidazole rings is 1. The van der Waals surface area contributed by atoms with Crippen LogP contribution in [0.15, 0.2) is 24.5 Å². The Morgan fingerprint density at radius 3 is 3.15 bits per heavy atom. The predicted molar refractivity (Wildman–Crippen MR) is 81.9 cm³/mol. The molecule has 2 aromatic heterocycles. The molecule has 0 aromatic carbocycles. The number of rotatable bonds is 3. The molecule has 20 heavy (non-hydrogen) atoms. The van der Waals surface area contributed by atoms with Gasteiger partial charge in [0.05, 0.1) is 5.69 Å². The van der Waals surface area contributed by atoms with Gasteiger partial charge in [-0.05, 0) is 58.0 Å². The minimum Gasteiger partial charge on any atom is -0.317 e. The Balaban J connectivity index is 1.73. The van der Waals surface area contributed by atoms with Crippen LogP contribution in [0.2, 0.25) is 0 Å². The minimum absolute atomic E-state index is 0.677. The van der Waals surface area contributed by atoms with Crippen molar-refractivity contribution < 1.29 is 0 Å². The second kappa shape index (κ2) is 5.94. The molecule has 0 bridgehead atoms. The molecule has 2 aromatic rings. The summed E-state index contributed by atoms with van der Waals surface area (Å²) >= 11 is 0. The average Bonchev–Trinajstić information content (AvgIpc) is 2.67. The van der Waals surface area contributed by atoms with Crippen molar-refractivity contribution in [2.24, 2.45) is 0 Å². The first-order valence-corrected chi connectivity index (χ1v) is 7.58. The summed E-state index contributed by atoms with van der Waals surface area (Å²) in [6, 6.07) is 4.87. The van der Waals surface area contributed by atoms with Gasteiger partial charge in [0.1, 0.15) is 5.65 Å². The summed E-state index contributed by atoms with van der Waals surface area (Å²) in [5.74, 6) is 0. The summed E-state index contributed by atoms with van der Waals surface area (Å²) in [6.07, 6.45) is 8.04. The Hall–Kier alpha value is -1.39. The molecule has 1 saturated heterocycles. The molecule has 1 fully saturated rings. The third kappa shape index (κ3) is 2.86. The van der Waals surface area contributed by atoms with Crippen LogP contribution in [0.4, 0.5) is 0 Å². The summed E-state index contributed by atoms with van der Waals surface area (Å²) in [6.45, 7) is 5.36. The van der Waals surface area contributed by atoms with Crippen molar-refractivity contribution in [1.82, 2.24) is 19.6 Å². The molecule has 4 nitrogen and oxygen atoms in total. The van der Waals surface area contributed by atoms with Crippen LogP contribution in [0, 0.1) is 6.92 Å². The second-order valence-electron chi connectivity index (χ2n) is 5.90. The highest BCUT2D eigenvalue weighted by atomic mass is 15.1. The van der Waals surface area contributed by atoms with E-state index in [0.29, 0.717) is 6.04 Å². The molecule has 0 saturated carbocycles. The monoisotopic (exact) mass is 272 g/mol. The second-order valence-corrected chi connectivity index (χ2v) is 5.90. The predicted octanol–water partition coefficient (Wildman–Crippen LogP) is 2.22. The van der Waals surface area contributed by atoms with E-state index >= 15 is 0 Å². The first-order chi connectivity index (χ1) is 9.74. The van der Waals surface area contributed by atoms with Crippen LogP contribution in [0.5, 0.6) is 0 Å². The molecule has 1 N–H and O–H groups in total. The van der Waals surface area contributed by atoms with Gasteiger partial charge in [-0.25, -0.2) is 4.98 Å². The quantitative estimate of drug-likeness (QED) is 0.930. The number of hydrogen-bond donors (Lipinski definition) is 1. The van der Waals surface area contributed by atoms with E-state index < -0.39 is 0 Å². The maximum Gasteiger partial charge on any atom is 0.139 e. The Kier molecular flexibility index (Phi) is 4.03. The van der Waals surface area contributed by atoms with E-state index in [4.69, 9.17) is 4.98 Å². The maximum atomic E-state index is 4.78. The third-order valence-electron chi connectivity index (χ3n) is 4.31. The van der Waals surface area contributed by atoms with Gasteiger partial charge >= 0.3 is 0 Å². The Morgan fingerprint density at radius 2 is 2.30 bits per heavy atom. The molecule has 1 aliphatic rings. The summed E-state index contributed by atoms with van der Waals surface area (Å²) in [7, 11) is 2.23. The largest absolute Gasteiger partial charge is 0.317 e. The molecule has 1 aliphatic heterocycles. The molecule has 3 heterocycles. The number of nitrogens with zero attached hydrogens (tertiary/aromatic N) is 3.